The van der Waals surface area contributed by atoms with Crippen LogP contribution < -0.4 is 4.40 Å². The average molecular weight is 937 g/mol. The van der Waals surface area contributed by atoms with Gasteiger partial charge >= 0.3 is 114 Å². The molecule has 3 heterocycles. The summed E-state index contributed by atoms with van der Waals surface area (Å²) in [6, 6.07) is 46.0. The van der Waals surface area contributed by atoms with Crippen LogP contribution in [0.1, 0.15) is 35.0 Å². The minimum Gasteiger partial charge on any atom is 0 e. The Balaban J connectivity index is 0.000000209. The second-order valence-corrected chi connectivity index (χ2v) is 24.9. The number of nitrogens with zero attached hydrogens (tertiary/aromatic N) is 2. The molecule has 3 aromatic heterocycles. The van der Waals surface area contributed by atoms with E-state index in [1.165, 1.54) is 32.7 Å². The molecular weight excluding hydrogens is 892 g/mol. The number of fused-ring (bicyclic) bond motifs is 3. The molecule has 0 bridgehead atoms. The molecule has 0 aliphatic heterocycles. The van der Waals surface area contributed by atoms with Gasteiger partial charge in [-0.15, -0.1) is 18.2 Å². The smallest absolute Gasteiger partial charge is 0 e. The predicted molar refractivity (Wildman–Crippen MR) is 217 cm³/mol. The second-order valence-electron chi connectivity index (χ2n) is 14.3. The first-order chi connectivity index (χ1) is 26.3. The third-order valence-electron chi connectivity index (χ3n) is 9.24. The van der Waals surface area contributed by atoms with Crippen LogP contribution in [0, 0.1) is 24.8 Å². The first-order valence-corrected chi connectivity index (χ1v) is 24.8. The first kappa shape index (κ1) is 34.1. The summed E-state index contributed by atoms with van der Waals surface area (Å²) >= 11 is -1.94. The number of benzene rings is 5. The topological polar surface area (TPSA) is 38.9 Å². The van der Waals surface area contributed by atoms with Crippen molar-refractivity contribution >= 4 is 39.6 Å². The minimum atomic E-state index is -2.33. The number of aromatic nitrogens is 2. The van der Waals surface area contributed by atoms with Crippen molar-refractivity contribution in [2.24, 2.45) is 0 Å². The molecule has 0 N–H and O–H groups in total. The zero-order valence-electron chi connectivity index (χ0n) is 33.3. The van der Waals surface area contributed by atoms with Crippen LogP contribution in [0.3, 0.4) is 0 Å². The van der Waals surface area contributed by atoms with Gasteiger partial charge in [0, 0.05) is 31.7 Å². The van der Waals surface area contributed by atoms with Crippen LogP contribution in [0.2, 0.25) is 17.3 Å². The van der Waals surface area contributed by atoms with Crippen molar-refractivity contribution in [3.05, 3.63) is 163 Å². The van der Waals surface area contributed by atoms with E-state index in [9.17, 15) is 4.39 Å². The number of furan rings is 1. The molecule has 0 saturated heterocycles. The van der Waals surface area contributed by atoms with Crippen LogP contribution in [0.15, 0.2) is 138 Å². The standard InChI is InChI=1S/C32H24NO.C15H17FGeN.Ir/c1-21(2)25-17-18-33-30(19-25)29-10-6-9-28-27-16-15-26(20-31(27)34-32(28)29)24-13-11-23(12-14-24)22-7-4-3-5-8-22;1-11-5-7-13(14(16)9-11)15-8-6-12(10-18-15)17(2,3)4;/h3-9,11-21H,1-2H3;5-6,8-10H,1-4H3;/q2*-1;/i;1D3;. The van der Waals surface area contributed by atoms with Crippen molar-refractivity contribution in [3.63, 3.8) is 0 Å². The van der Waals surface area contributed by atoms with Gasteiger partial charge in [-0.2, -0.15) is 0 Å². The molecule has 0 spiro atoms. The summed E-state index contributed by atoms with van der Waals surface area (Å²) < 4.78 is 43.6. The van der Waals surface area contributed by atoms with E-state index in [0.29, 0.717) is 11.6 Å². The summed E-state index contributed by atoms with van der Waals surface area (Å²) in [5, 5.41) is 2.20. The normalized spacial score (nSPS) is 12.4. The molecule has 8 aromatic rings. The Bertz CT molecular complexity index is 2600. The minimum absolute atomic E-state index is 0. The molecule has 0 atom stereocenters. The number of hydrogen-bond donors (Lipinski definition) is 0. The third kappa shape index (κ3) is 8.44. The Morgan fingerprint density at radius 3 is 2.09 bits per heavy atom. The number of rotatable bonds is 6. The fraction of sp³-hybridized carbons (Fsp3) is 0.149. The second kappa shape index (κ2) is 16.1. The Hall–Kier alpha value is -4.68. The fourth-order valence-electron chi connectivity index (χ4n) is 6.19. The van der Waals surface area contributed by atoms with Gasteiger partial charge in [0.1, 0.15) is 5.58 Å². The molecule has 3 nitrogen and oxygen atoms in total. The zero-order valence-corrected chi connectivity index (χ0v) is 34.8. The van der Waals surface area contributed by atoms with Crippen LogP contribution in [0.5, 0.6) is 0 Å². The maximum absolute atomic E-state index is 14.1. The third-order valence-corrected chi connectivity index (χ3v) is 13.5. The van der Waals surface area contributed by atoms with Crippen LogP contribution in [0.4, 0.5) is 4.39 Å². The molecule has 0 amide bonds. The molecule has 53 heavy (non-hydrogen) atoms. The van der Waals surface area contributed by atoms with Crippen molar-refractivity contribution in [2.45, 2.75) is 43.9 Å². The molecule has 0 aliphatic rings. The van der Waals surface area contributed by atoms with E-state index in [1.807, 2.05) is 24.4 Å². The first-order valence-electron chi connectivity index (χ1n) is 18.9. The Kier molecular flexibility index (Phi) is 10.4. The van der Waals surface area contributed by atoms with Crippen molar-refractivity contribution in [2.75, 3.05) is 0 Å². The summed E-state index contributed by atoms with van der Waals surface area (Å²) in [7, 11) is 0. The van der Waals surface area contributed by atoms with Crippen LogP contribution in [-0.4, -0.2) is 23.2 Å². The Morgan fingerprint density at radius 2 is 1.43 bits per heavy atom. The summed E-state index contributed by atoms with van der Waals surface area (Å²) in [5.41, 5.74) is 10.1. The molecule has 5 aromatic carbocycles. The maximum Gasteiger partial charge on any atom is 0 e. The van der Waals surface area contributed by atoms with Gasteiger partial charge in [0.2, 0.25) is 0 Å². The summed E-state index contributed by atoms with van der Waals surface area (Å²) in [4.78, 5) is 8.92. The molecule has 0 saturated carbocycles. The Morgan fingerprint density at radius 1 is 0.717 bits per heavy atom. The average Bonchev–Trinajstić information content (AvgIpc) is 3.56. The number of pyridine rings is 2. The summed E-state index contributed by atoms with van der Waals surface area (Å²) in [5.74, 6) is 6.60. The van der Waals surface area contributed by atoms with Crippen LogP contribution >= 0.6 is 0 Å². The van der Waals surface area contributed by atoms with Gasteiger partial charge in [-0.05, 0) is 46.0 Å². The summed E-state index contributed by atoms with van der Waals surface area (Å²) in [6.45, 7) is 2.06. The van der Waals surface area contributed by atoms with Crippen LogP contribution in [-0.2, 0) is 20.1 Å². The molecule has 6 heteroatoms. The number of hydrogen-bond acceptors (Lipinski definition) is 3. The van der Waals surface area contributed by atoms with Crippen molar-refractivity contribution in [3.8, 4) is 44.8 Å². The summed E-state index contributed by atoms with van der Waals surface area (Å²) in [6.07, 6.45) is 3.66. The quantitative estimate of drug-likeness (QED) is 0.123. The molecule has 0 fully saturated rings. The molecule has 267 valence electrons. The maximum atomic E-state index is 14.1. The molecular formula is C47H41FGeIrN2O-2. The van der Waals surface area contributed by atoms with Gasteiger partial charge in [0.15, 0.2) is 0 Å². The molecule has 0 aliphatic carbocycles. The van der Waals surface area contributed by atoms with E-state index in [2.05, 4.69) is 138 Å². The molecule has 1 radical (unpaired) electrons. The van der Waals surface area contributed by atoms with E-state index < -0.39 is 25.9 Å². The van der Waals surface area contributed by atoms with Gasteiger partial charge in [0.25, 0.3) is 0 Å². The SMILES string of the molecule is CC(C)c1ccnc(-c2[c-]ccc3c2oc2cc(-c4ccc(-c5ccccc5)cc4)ccc23)c1.[2H]C([2H])([2H])c1c[c-]c(-c2cc[c]([Ge]([CH3])([CH3])[CH3])cn2)c(F)c1.[Ir]. The van der Waals surface area contributed by atoms with E-state index >= 15 is 0 Å². The van der Waals surface area contributed by atoms with Crippen molar-refractivity contribution in [1.29, 1.82) is 0 Å². The number of aryl methyl sites for hydroxylation is 1. The fourth-order valence-corrected chi connectivity index (χ4v) is 8.36. The monoisotopic (exact) mass is 938 g/mol. The van der Waals surface area contributed by atoms with Gasteiger partial charge in [-0.25, -0.2) is 0 Å². The van der Waals surface area contributed by atoms with E-state index in [4.69, 9.17) is 8.53 Å². The molecule has 0 unspecified atom stereocenters. The van der Waals surface area contributed by atoms with E-state index in [0.717, 1.165) is 44.8 Å². The largest absolute Gasteiger partial charge is 0 e. The van der Waals surface area contributed by atoms with E-state index in [1.54, 1.807) is 12.3 Å². The van der Waals surface area contributed by atoms with Gasteiger partial charge in [-0.1, -0.05) is 103 Å². The van der Waals surface area contributed by atoms with Gasteiger partial charge in [0.05, 0.1) is 5.58 Å². The van der Waals surface area contributed by atoms with Gasteiger partial charge < -0.3 is 9.40 Å². The Labute approximate surface area is 332 Å². The van der Waals surface area contributed by atoms with Crippen LogP contribution in [0.25, 0.3) is 66.7 Å². The van der Waals surface area contributed by atoms with Crippen molar-refractivity contribution < 1.29 is 33.0 Å². The van der Waals surface area contributed by atoms with Crippen molar-refractivity contribution in [1.82, 2.24) is 9.97 Å². The zero-order chi connectivity index (χ0) is 38.9. The van der Waals surface area contributed by atoms with E-state index in [-0.39, 0.29) is 31.2 Å². The number of halogens is 1. The predicted octanol–water partition coefficient (Wildman–Crippen LogP) is 12.4. The molecule has 8 rings (SSSR count). The van der Waals surface area contributed by atoms with Gasteiger partial charge in [-0.3, -0.25) is 0 Å².